The number of hydrogen-bond donors (Lipinski definition) is 3. The molecule has 0 rings (SSSR count). The van der Waals surface area contributed by atoms with Gasteiger partial charge in [-0.1, -0.05) is 329 Å². The summed E-state index contributed by atoms with van der Waals surface area (Å²) >= 11 is 0. The Morgan fingerprint density at radius 1 is 0.329 bits per heavy atom. The van der Waals surface area contributed by atoms with E-state index in [1.165, 1.54) is 225 Å². The smallest absolute Gasteiger partial charge is 0.220 e. The van der Waals surface area contributed by atoms with Crippen LogP contribution in [0.5, 0.6) is 0 Å². The van der Waals surface area contributed by atoms with Crippen molar-refractivity contribution < 1.29 is 15.0 Å². The molecule has 0 saturated carbocycles. The highest BCUT2D eigenvalue weighted by Gasteiger charge is 2.18. The number of carbonyl (C=O) groups excluding carboxylic acids is 1. The Kier molecular flexibility index (Phi) is 63.8. The number of rotatable bonds is 60. The first kappa shape index (κ1) is 73.0. The van der Waals surface area contributed by atoms with Gasteiger partial charge in [-0.15, -0.1) is 0 Å². The number of allylic oxidation sites excluding steroid dienone is 17. The Morgan fingerprint density at radius 2 is 0.592 bits per heavy atom. The number of hydrogen-bond acceptors (Lipinski definition) is 3. The van der Waals surface area contributed by atoms with Crippen molar-refractivity contribution in [2.45, 2.75) is 334 Å². The molecule has 0 radical (unpaired) electrons. The summed E-state index contributed by atoms with van der Waals surface area (Å²) in [4.78, 5) is 12.5. The first-order valence-electron chi connectivity index (χ1n) is 33.1. The second-order valence-corrected chi connectivity index (χ2v) is 22.1. The molecule has 438 valence electrons. The third kappa shape index (κ3) is 61.9. The van der Waals surface area contributed by atoms with Gasteiger partial charge in [0.25, 0.3) is 0 Å². The van der Waals surface area contributed by atoms with E-state index in [0.29, 0.717) is 6.42 Å². The average molecular weight is 1050 g/mol. The molecule has 3 N–H and O–H groups in total. The molecule has 0 fully saturated rings. The number of carbonyl (C=O) groups is 1. The second-order valence-electron chi connectivity index (χ2n) is 22.1. The molecule has 4 nitrogen and oxygen atoms in total. The van der Waals surface area contributed by atoms with Crippen LogP contribution in [0, 0.1) is 0 Å². The molecule has 0 bridgehead atoms. The van der Waals surface area contributed by atoms with E-state index < -0.39 is 12.1 Å². The van der Waals surface area contributed by atoms with Crippen LogP contribution in [0.25, 0.3) is 0 Å². The lowest BCUT2D eigenvalue weighted by Crippen LogP contribution is -2.45. The number of nitrogens with one attached hydrogen (secondary N) is 1. The number of amides is 1. The molecule has 76 heavy (non-hydrogen) atoms. The van der Waals surface area contributed by atoms with Crippen molar-refractivity contribution in [3.63, 3.8) is 0 Å². The molecule has 0 aliphatic carbocycles. The van der Waals surface area contributed by atoms with Gasteiger partial charge < -0.3 is 15.5 Å². The zero-order valence-electron chi connectivity index (χ0n) is 50.5. The SMILES string of the molecule is CC/C=C\C/C=C\C/C=C\C/C=C\C/C=C\C/C=C\CCCCCCCCCCCCCCCCCCCCCCC(=O)NC(CO)C(O)/C=C/CC/C=C/CC/C=C/CCCCCCCCCCCCCCCCC. The van der Waals surface area contributed by atoms with E-state index in [9.17, 15) is 15.0 Å². The highest BCUT2D eigenvalue weighted by atomic mass is 16.3. The van der Waals surface area contributed by atoms with Gasteiger partial charge in [-0.2, -0.15) is 0 Å². The van der Waals surface area contributed by atoms with Crippen LogP contribution < -0.4 is 5.32 Å². The lowest BCUT2D eigenvalue weighted by molar-refractivity contribution is -0.123. The molecule has 0 aliphatic rings. The Hall–Kier alpha value is -2.95. The summed E-state index contributed by atoms with van der Waals surface area (Å²) in [6.07, 6.45) is 100. The fraction of sp³-hybridized carbons (Fsp3) is 0.736. The summed E-state index contributed by atoms with van der Waals surface area (Å²) in [6, 6.07) is -0.651. The molecule has 0 aromatic rings. The van der Waals surface area contributed by atoms with Crippen molar-refractivity contribution in [2.75, 3.05) is 6.61 Å². The third-order valence-corrected chi connectivity index (χ3v) is 14.7. The first-order chi connectivity index (χ1) is 37.7. The van der Waals surface area contributed by atoms with E-state index in [4.69, 9.17) is 0 Å². The van der Waals surface area contributed by atoms with Gasteiger partial charge >= 0.3 is 0 Å². The van der Waals surface area contributed by atoms with Crippen LogP contribution in [0.3, 0.4) is 0 Å². The van der Waals surface area contributed by atoms with Gasteiger partial charge in [-0.3, -0.25) is 4.79 Å². The maximum atomic E-state index is 12.5. The molecule has 0 spiro atoms. The summed E-state index contributed by atoms with van der Waals surface area (Å²) < 4.78 is 0. The molecule has 2 unspecified atom stereocenters. The third-order valence-electron chi connectivity index (χ3n) is 14.7. The molecule has 0 aromatic carbocycles. The Balaban J connectivity index is 3.51. The monoisotopic (exact) mass is 1050 g/mol. The van der Waals surface area contributed by atoms with Crippen molar-refractivity contribution in [3.05, 3.63) is 109 Å². The Labute approximate surface area is 474 Å². The predicted octanol–water partition coefficient (Wildman–Crippen LogP) is 22.6. The lowest BCUT2D eigenvalue weighted by atomic mass is 10.0. The Morgan fingerprint density at radius 3 is 0.921 bits per heavy atom. The van der Waals surface area contributed by atoms with Crippen molar-refractivity contribution in [3.8, 4) is 0 Å². The quantitative estimate of drug-likeness (QED) is 0.0420. The van der Waals surface area contributed by atoms with Gasteiger partial charge in [0, 0.05) is 6.42 Å². The maximum Gasteiger partial charge on any atom is 0.220 e. The molecular formula is C72H127NO3. The zero-order valence-corrected chi connectivity index (χ0v) is 50.5. The number of unbranched alkanes of at least 4 members (excludes halogenated alkanes) is 37. The average Bonchev–Trinajstić information content (AvgIpc) is 3.42. The Bertz CT molecular complexity index is 1430. The van der Waals surface area contributed by atoms with E-state index in [1.54, 1.807) is 6.08 Å². The summed E-state index contributed by atoms with van der Waals surface area (Å²) in [5.74, 6) is -0.0759. The molecule has 0 saturated heterocycles. The van der Waals surface area contributed by atoms with Crippen LogP contribution >= 0.6 is 0 Å². The van der Waals surface area contributed by atoms with Gasteiger partial charge in [-0.25, -0.2) is 0 Å². The molecule has 0 aromatic heterocycles. The van der Waals surface area contributed by atoms with Crippen molar-refractivity contribution in [1.82, 2.24) is 5.32 Å². The zero-order chi connectivity index (χ0) is 54.8. The minimum Gasteiger partial charge on any atom is -0.394 e. The molecule has 4 heteroatoms. The van der Waals surface area contributed by atoms with Crippen molar-refractivity contribution in [2.24, 2.45) is 0 Å². The summed E-state index contributed by atoms with van der Waals surface area (Å²) in [5, 5.41) is 23.2. The molecule has 2 atom stereocenters. The molecule has 1 amide bonds. The van der Waals surface area contributed by atoms with Gasteiger partial charge in [0.2, 0.25) is 5.91 Å². The fourth-order valence-electron chi connectivity index (χ4n) is 9.75. The van der Waals surface area contributed by atoms with E-state index in [1.807, 2.05) is 6.08 Å². The topological polar surface area (TPSA) is 69.6 Å². The molecular weight excluding hydrogens is 927 g/mol. The first-order valence-corrected chi connectivity index (χ1v) is 33.1. The van der Waals surface area contributed by atoms with E-state index in [2.05, 4.69) is 116 Å². The minimum absolute atomic E-state index is 0.0759. The molecule has 0 heterocycles. The second kappa shape index (κ2) is 66.3. The largest absolute Gasteiger partial charge is 0.394 e. The van der Waals surface area contributed by atoms with Gasteiger partial charge in [-0.05, 0) is 96.3 Å². The van der Waals surface area contributed by atoms with Crippen LogP contribution in [-0.2, 0) is 4.79 Å². The van der Waals surface area contributed by atoms with Gasteiger partial charge in [0.15, 0.2) is 0 Å². The highest BCUT2D eigenvalue weighted by molar-refractivity contribution is 5.76. The van der Waals surface area contributed by atoms with Crippen LogP contribution in [-0.4, -0.2) is 34.9 Å². The van der Waals surface area contributed by atoms with Gasteiger partial charge in [0.05, 0.1) is 18.8 Å². The number of aliphatic hydroxyl groups is 2. The van der Waals surface area contributed by atoms with E-state index in [-0.39, 0.29) is 12.5 Å². The van der Waals surface area contributed by atoms with E-state index >= 15 is 0 Å². The van der Waals surface area contributed by atoms with E-state index in [0.717, 1.165) is 77.0 Å². The summed E-state index contributed by atoms with van der Waals surface area (Å²) in [6.45, 7) is 4.20. The highest BCUT2D eigenvalue weighted by Crippen LogP contribution is 2.17. The maximum absolute atomic E-state index is 12.5. The van der Waals surface area contributed by atoms with Crippen LogP contribution in [0.15, 0.2) is 109 Å². The van der Waals surface area contributed by atoms with Crippen LogP contribution in [0.1, 0.15) is 322 Å². The summed E-state index contributed by atoms with van der Waals surface area (Å²) in [5.41, 5.74) is 0. The van der Waals surface area contributed by atoms with Crippen LogP contribution in [0.2, 0.25) is 0 Å². The van der Waals surface area contributed by atoms with Crippen molar-refractivity contribution in [1.29, 1.82) is 0 Å². The normalized spacial score (nSPS) is 13.5. The van der Waals surface area contributed by atoms with Crippen LogP contribution in [0.4, 0.5) is 0 Å². The number of aliphatic hydroxyl groups excluding tert-OH is 2. The van der Waals surface area contributed by atoms with Gasteiger partial charge in [0.1, 0.15) is 0 Å². The predicted molar refractivity (Wildman–Crippen MR) is 340 cm³/mol. The molecule has 0 aliphatic heterocycles. The minimum atomic E-state index is -0.875. The summed E-state index contributed by atoms with van der Waals surface area (Å²) in [7, 11) is 0. The lowest BCUT2D eigenvalue weighted by Gasteiger charge is -2.19. The van der Waals surface area contributed by atoms with Crippen molar-refractivity contribution >= 4 is 5.91 Å². The fourth-order valence-corrected chi connectivity index (χ4v) is 9.75. The standard InChI is InChI=1S/C72H127NO3/c1-3-5-7-9-11-13-15-17-19-21-23-25-27-29-30-31-32-33-34-35-36-37-38-39-40-41-42-44-46-48-50-52-54-56-58-60-62-64-66-68-72(76)73-70(69-74)71(75)67-65-63-61-59-57-55-53-51-49-47-45-43-28-26-24-22-20-18-16-14-12-10-8-6-4-2/h5,7,11,13,17,19,23,25,29-30,32-33,49,51,57,59,65,67,70-71,74-75H,3-4,6,8-10,12,14-16,18,20-22,24,26-28,31,34-48,50,52-56,58,60-64,66,68-69H2,1-2H3,(H,73,76)/b7-5-,13-11-,19-17-,25-23-,30-29-,33-32-,51-49+,59-57+,67-65+.